The zero-order chi connectivity index (χ0) is 32.2. The minimum absolute atomic E-state index is 0.166. The first-order valence-corrected chi connectivity index (χ1v) is 15.2. The Bertz CT molecular complexity index is 2170. The van der Waals surface area contributed by atoms with Gasteiger partial charge in [-0.2, -0.15) is 0 Å². The summed E-state index contributed by atoms with van der Waals surface area (Å²) < 4.78 is 12.2. The summed E-state index contributed by atoms with van der Waals surface area (Å²) in [7, 11) is 4.87. The first-order chi connectivity index (χ1) is 22.3. The van der Waals surface area contributed by atoms with Crippen LogP contribution in [0.4, 0.5) is 0 Å². The van der Waals surface area contributed by atoms with Gasteiger partial charge >= 0.3 is 0 Å². The van der Waals surface area contributed by atoms with Crippen LogP contribution < -0.4 is 36.6 Å². The highest BCUT2D eigenvalue weighted by atomic mass is 16.5. The highest BCUT2D eigenvalue weighted by Crippen LogP contribution is 2.33. The molecule has 1 aliphatic heterocycles. The zero-order valence-electron chi connectivity index (χ0n) is 26.1. The van der Waals surface area contributed by atoms with Crippen molar-refractivity contribution < 1.29 is 14.3 Å². The molecule has 4 aromatic carbocycles. The molecule has 0 spiro atoms. The number of H-pyrrole nitrogens is 1. The number of ether oxygens (including phenoxy) is 2. The summed E-state index contributed by atoms with van der Waals surface area (Å²) in [6.07, 6.45) is 4.23. The minimum Gasteiger partial charge on any atom is -0.493 e. The average Bonchev–Trinajstić information content (AvgIpc) is 3.08. The van der Waals surface area contributed by atoms with Crippen LogP contribution in [0.5, 0.6) is 11.5 Å². The molecule has 5 aromatic rings. The van der Waals surface area contributed by atoms with Crippen molar-refractivity contribution >= 4 is 28.8 Å². The molecular weight excluding hydrogens is 580 g/mol. The Balaban J connectivity index is 1.11. The quantitative estimate of drug-likeness (QED) is 0.278. The van der Waals surface area contributed by atoms with Crippen LogP contribution in [0, 0.1) is 0 Å². The molecule has 0 fully saturated rings. The minimum atomic E-state index is -0.367. The SMILES string of the molecule is COc1cc2c(cc1OC)CN(CCNC(=O)c1ccc(/C=c3\[nH]c(=O)/c(=C/c4ccc5ccccc5c4)n(C)c3=O)cc1)CC2. The molecule has 0 saturated carbocycles. The molecule has 1 aromatic heterocycles. The summed E-state index contributed by atoms with van der Waals surface area (Å²) in [5.41, 5.74) is 3.80. The number of aromatic nitrogens is 2. The van der Waals surface area contributed by atoms with E-state index in [1.807, 2.05) is 54.6 Å². The number of rotatable bonds is 8. The van der Waals surface area contributed by atoms with Crippen LogP contribution >= 0.6 is 0 Å². The van der Waals surface area contributed by atoms with E-state index in [9.17, 15) is 14.4 Å². The Morgan fingerprint density at radius 1 is 0.870 bits per heavy atom. The number of methoxy groups -OCH3 is 2. The molecule has 6 rings (SSSR count). The van der Waals surface area contributed by atoms with Gasteiger partial charge in [0.05, 0.1) is 14.2 Å². The number of nitrogens with one attached hydrogen (secondary N) is 2. The lowest BCUT2D eigenvalue weighted by Crippen LogP contribution is -2.52. The molecular formula is C37H36N4O5. The number of carbonyl (C=O) groups excluding carboxylic acids is 1. The third kappa shape index (κ3) is 6.50. The highest BCUT2D eigenvalue weighted by Gasteiger charge is 2.19. The number of amides is 1. The third-order valence-electron chi connectivity index (χ3n) is 8.45. The van der Waals surface area contributed by atoms with Crippen molar-refractivity contribution in [2.45, 2.75) is 13.0 Å². The molecule has 1 aliphatic rings. The second-order valence-corrected chi connectivity index (χ2v) is 11.4. The topological polar surface area (TPSA) is 106 Å². The summed E-state index contributed by atoms with van der Waals surface area (Å²) in [5.74, 6) is 1.29. The molecule has 234 valence electrons. The normalized spacial score (nSPS) is 13.9. The van der Waals surface area contributed by atoms with E-state index in [4.69, 9.17) is 9.47 Å². The van der Waals surface area contributed by atoms with Gasteiger partial charge in [-0.3, -0.25) is 19.3 Å². The van der Waals surface area contributed by atoms with E-state index in [2.05, 4.69) is 15.2 Å². The van der Waals surface area contributed by atoms with Crippen molar-refractivity contribution in [1.82, 2.24) is 19.8 Å². The van der Waals surface area contributed by atoms with E-state index < -0.39 is 0 Å². The predicted molar refractivity (Wildman–Crippen MR) is 180 cm³/mol. The van der Waals surface area contributed by atoms with Gasteiger partial charge in [0.2, 0.25) is 0 Å². The van der Waals surface area contributed by atoms with Gasteiger partial charge < -0.3 is 24.3 Å². The summed E-state index contributed by atoms with van der Waals surface area (Å²) in [4.78, 5) is 44.0. The Hall–Kier alpha value is -5.41. The van der Waals surface area contributed by atoms with Crippen LogP contribution in [0.15, 0.2) is 88.5 Å². The maximum absolute atomic E-state index is 13.2. The van der Waals surface area contributed by atoms with E-state index in [0.29, 0.717) is 17.7 Å². The van der Waals surface area contributed by atoms with Crippen molar-refractivity contribution in [3.8, 4) is 11.5 Å². The van der Waals surface area contributed by atoms with Crippen molar-refractivity contribution in [2.75, 3.05) is 33.9 Å². The van der Waals surface area contributed by atoms with Crippen LogP contribution in [0.3, 0.4) is 0 Å². The lowest BCUT2D eigenvalue weighted by Gasteiger charge is -2.29. The zero-order valence-corrected chi connectivity index (χ0v) is 26.1. The average molecular weight is 617 g/mol. The van der Waals surface area contributed by atoms with Gasteiger partial charge in [-0.25, -0.2) is 0 Å². The van der Waals surface area contributed by atoms with E-state index in [1.54, 1.807) is 57.7 Å². The monoisotopic (exact) mass is 616 g/mol. The number of nitrogens with zero attached hydrogens (tertiary/aromatic N) is 2. The molecule has 0 saturated heterocycles. The molecule has 1 amide bonds. The molecule has 2 heterocycles. The first-order valence-electron chi connectivity index (χ1n) is 15.2. The fraction of sp³-hybridized carbons (Fsp3) is 0.216. The Morgan fingerprint density at radius 2 is 1.57 bits per heavy atom. The molecule has 9 heteroatoms. The van der Waals surface area contributed by atoms with Gasteiger partial charge in [-0.1, -0.05) is 48.5 Å². The van der Waals surface area contributed by atoms with E-state index in [0.717, 1.165) is 53.9 Å². The number of fused-ring (bicyclic) bond motifs is 2. The van der Waals surface area contributed by atoms with Gasteiger partial charge in [0.1, 0.15) is 10.7 Å². The number of carbonyl (C=O) groups is 1. The largest absolute Gasteiger partial charge is 0.493 e. The molecule has 0 aliphatic carbocycles. The smallest absolute Gasteiger partial charge is 0.274 e. The van der Waals surface area contributed by atoms with E-state index in [-0.39, 0.29) is 27.7 Å². The first kappa shape index (κ1) is 30.6. The number of hydrogen-bond donors (Lipinski definition) is 2. The molecule has 0 radical (unpaired) electrons. The summed E-state index contributed by atoms with van der Waals surface area (Å²) in [6, 6.07) is 24.9. The number of hydrogen-bond acceptors (Lipinski definition) is 6. The van der Waals surface area contributed by atoms with E-state index in [1.165, 1.54) is 15.7 Å². The van der Waals surface area contributed by atoms with Gasteiger partial charge in [-0.15, -0.1) is 0 Å². The van der Waals surface area contributed by atoms with Crippen LogP contribution in [0.25, 0.3) is 22.9 Å². The lowest BCUT2D eigenvalue weighted by molar-refractivity contribution is 0.0947. The van der Waals surface area contributed by atoms with Gasteiger partial charge in [0.25, 0.3) is 17.0 Å². The molecule has 0 atom stereocenters. The van der Waals surface area contributed by atoms with Crippen molar-refractivity contribution in [3.05, 3.63) is 138 Å². The van der Waals surface area contributed by atoms with Gasteiger partial charge in [0.15, 0.2) is 11.5 Å². The van der Waals surface area contributed by atoms with Crippen LogP contribution in [0.1, 0.15) is 32.6 Å². The predicted octanol–water partition coefficient (Wildman–Crippen LogP) is 2.69. The van der Waals surface area contributed by atoms with Crippen LogP contribution in [-0.2, 0) is 20.0 Å². The van der Waals surface area contributed by atoms with Crippen molar-refractivity contribution in [3.63, 3.8) is 0 Å². The second-order valence-electron chi connectivity index (χ2n) is 11.4. The Labute approximate surface area is 266 Å². The molecule has 0 bridgehead atoms. The van der Waals surface area contributed by atoms with Gasteiger partial charge in [-0.05, 0) is 81.9 Å². The second kappa shape index (κ2) is 13.3. The maximum atomic E-state index is 13.2. The van der Waals surface area contributed by atoms with Crippen molar-refractivity contribution in [1.29, 1.82) is 0 Å². The van der Waals surface area contributed by atoms with Gasteiger partial charge in [0, 0.05) is 38.8 Å². The van der Waals surface area contributed by atoms with Crippen molar-refractivity contribution in [2.24, 2.45) is 7.05 Å². The van der Waals surface area contributed by atoms with Crippen LogP contribution in [0.2, 0.25) is 0 Å². The molecule has 46 heavy (non-hydrogen) atoms. The highest BCUT2D eigenvalue weighted by molar-refractivity contribution is 5.94. The summed E-state index contributed by atoms with van der Waals surface area (Å²) >= 11 is 0. The number of aromatic amines is 1. The van der Waals surface area contributed by atoms with E-state index >= 15 is 0 Å². The fourth-order valence-corrected chi connectivity index (χ4v) is 5.86. The fourth-order valence-electron chi connectivity index (χ4n) is 5.86. The molecule has 2 N–H and O–H groups in total. The summed E-state index contributed by atoms with van der Waals surface area (Å²) in [6.45, 7) is 2.90. The Kier molecular flexibility index (Phi) is 8.85. The molecule has 9 nitrogen and oxygen atoms in total. The number of benzene rings is 4. The standard InChI is InChI=1S/C37H36N4O5/c1-40-32(20-25-10-11-26-6-4-5-7-28(26)18-25)36(43)39-31(37(40)44)19-24-8-12-27(13-9-24)35(42)38-15-17-41-16-14-29-21-33(45-2)34(46-3)22-30(29)23-41/h4-13,18-22H,14-17,23H2,1-3H3,(H,38,42)(H,39,43)/b31-19-,32-20-. The van der Waals surface area contributed by atoms with Crippen LogP contribution in [-0.4, -0.2) is 54.2 Å². The molecule has 0 unspecified atom stereocenters. The maximum Gasteiger partial charge on any atom is 0.274 e. The summed E-state index contributed by atoms with van der Waals surface area (Å²) in [5, 5.41) is 5.58. The Morgan fingerprint density at radius 3 is 2.30 bits per heavy atom. The lowest BCUT2D eigenvalue weighted by atomic mass is 9.99. The third-order valence-corrected chi connectivity index (χ3v) is 8.45.